The van der Waals surface area contributed by atoms with Gasteiger partial charge in [0, 0.05) is 28.5 Å². The first-order valence-electron chi connectivity index (χ1n) is 14.7. The third kappa shape index (κ3) is 5.74. The van der Waals surface area contributed by atoms with E-state index in [9.17, 15) is 9.59 Å². The summed E-state index contributed by atoms with van der Waals surface area (Å²) in [6.07, 6.45) is 0.457. The third-order valence-corrected chi connectivity index (χ3v) is 8.17. The fourth-order valence-electron chi connectivity index (χ4n) is 6.05. The minimum Gasteiger partial charge on any atom is -0.493 e. The van der Waals surface area contributed by atoms with E-state index in [-0.39, 0.29) is 17.9 Å². The van der Waals surface area contributed by atoms with Crippen molar-refractivity contribution in [2.45, 2.75) is 25.4 Å². The van der Waals surface area contributed by atoms with Gasteiger partial charge in [-0.3, -0.25) is 9.59 Å². The molecule has 0 aliphatic carbocycles. The van der Waals surface area contributed by atoms with E-state index in [2.05, 4.69) is 0 Å². The molecule has 0 unspecified atom stereocenters. The SMILES string of the molecule is COc1cc(C(=O)N2c3ccccc3[C@@H](N(C(=O)c3cc(OC)c(OC)c(OC)c3)c3ccccc3)C[C@H]2C)cc(OC)c1OC. The fourth-order valence-corrected chi connectivity index (χ4v) is 6.05. The van der Waals surface area contributed by atoms with Crippen LogP contribution in [0.15, 0.2) is 78.9 Å². The zero-order chi connectivity index (χ0) is 33.0. The Morgan fingerprint density at radius 3 is 1.63 bits per heavy atom. The Morgan fingerprint density at radius 1 is 0.652 bits per heavy atom. The molecule has 0 bridgehead atoms. The van der Waals surface area contributed by atoms with Crippen LogP contribution in [0.1, 0.15) is 45.7 Å². The van der Waals surface area contributed by atoms with Crippen LogP contribution in [0.25, 0.3) is 0 Å². The predicted molar refractivity (Wildman–Crippen MR) is 176 cm³/mol. The highest BCUT2D eigenvalue weighted by molar-refractivity contribution is 6.10. The van der Waals surface area contributed by atoms with Crippen LogP contribution in [-0.4, -0.2) is 60.5 Å². The van der Waals surface area contributed by atoms with Gasteiger partial charge >= 0.3 is 0 Å². The van der Waals surface area contributed by atoms with E-state index in [1.54, 1.807) is 34.1 Å². The topological polar surface area (TPSA) is 96.0 Å². The van der Waals surface area contributed by atoms with Crippen molar-refractivity contribution in [2.24, 2.45) is 0 Å². The van der Waals surface area contributed by atoms with Gasteiger partial charge in [0.25, 0.3) is 11.8 Å². The molecule has 0 radical (unpaired) electrons. The quantitative estimate of drug-likeness (QED) is 0.195. The lowest BCUT2D eigenvalue weighted by molar-refractivity contribution is 0.0964. The molecular formula is C36H38N2O8. The van der Waals surface area contributed by atoms with Crippen molar-refractivity contribution in [3.8, 4) is 34.5 Å². The first-order valence-corrected chi connectivity index (χ1v) is 14.7. The molecule has 1 aliphatic rings. The van der Waals surface area contributed by atoms with Gasteiger partial charge in [-0.15, -0.1) is 0 Å². The fraction of sp³-hybridized carbons (Fsp3) is 0.278. The number of methoxy groups -OCH3 is 6. The summed E-state index contributed by atoms with van der Waals surface area (Å²) in [6.45, 7) is 1.98. The molecule has 0 N–H and O–H groups in total. The van der Waals surface area contributed by atoms with E-state index < -0.39 is 6.04 Å². The Morgan fingerprint density at radius 2 is 1.13 bits per heavy atom. The van der Waals surface area contributed by atoms with Crippen molar-refractivity contribution in [1.82, 2.24) is 0 Å². The minimum absolute atomic E-state index is 0.236. The number of ether oxygens (including phenoxy) is 6. The van der Waals surface area contributed by atoms with Crippen molar-refractivity contribution in [3.05, 3.63) is 95.6 Å². The molecule has 2 atom stereocenters. The largest absolute Gasteiger partial charge is 0.493 e. The lowest BCUT2D eigenvalue weighted by atomic mass is 9.89. The number of benzene rings is 4. The number of carbonyl (C=O) groups is 2. The number of carbonyl (C=O) groups excluding carboxylic acids is 2. The molecule has 10 nitrogen and oxygen atoms in total. The van der Waals surface area contributed by atoms with Crippen molar-refractivity contribution in [2.75, 3.05) is 52.5 Å². The maximum Gasteiger partial charge on any atom is 0.259 e. The van der Waals surface area contributed by atoms with Crippen molar-refractivity contribution < 1.29 is 38.0 Å². The highest BCUT2D eigenvalue weighted by atomic mass is 16.5. The summed E-state index contributed by atoms with van der Waals surface area (Å²) in [5.74, 6) is 1.81. The monoisotopic (exact) mass is 626 g/mol. The smallest absolute Gasteiger partial charge is 0.259 e. The van der Waals surface area contributed by atoms with Gasteiger partial charge in [-0.1, -0.05) is 36.4 Å². The number of anilines is 2. The van der Waals surface area contributed by atoms with Gasteiger partial charge in [0.1, 0.15) is 0 Å². The lowest BCUT2D eigenvalue weighted by Gasteiger charge is -2.43. The van der Waals surface area contributed by atoms with Gasteiger partial charge in [0.15, 0.2) is 23.0 Å². The molecule has 4 aromatic carbocycles. The molecule has 0 fully saturated rings. The van der Waals surface area contributed by atoms with Crippen LogP contribution in [0.3, 0.4) is 0 Å². The second-order valence-corrected chi connectivity index (χ2v) is 10.7. The second kappa shape index (κ2) is 13.7. The summed E-state index contributed by atoms with van der Waals surface area (Å²) < 4.78 is 33.1. The molecule has 1 aliphatic heterocycles. The second-order valence-electron chi connectivity index (χ2n) is 10.7. The molecule has 2 amide bonds. The molecular weight excluding hydrogens is 588 g/mol. The van der Waals surface area contributed by atoms with Crippen LogP contribution in [0.4, 0.5) is 11.4 Å². The third-order valence-electron chi connectivity index (χ3n) is 8.17. The molecule has 240 valence electrons. The van der Waals surface area contributed by atoms with E-state index in [0.717, 1.165) is 5.56 Å². The summed E-state index contributed by atoms with van der Waals surface area (Å²) in [5, 5.41) is 0. The van der Waals surface area contributed by atoms with E-state index in [4.69, 9.17) is 28.4 Å². The zero-order valence-electron chi connectivity index (χ0n) is 27.0. The number of amides is 2. The van der Waals surface area contributed by atoms with Gasteiger partial charge in [0.05, 0.1) is 48.7 Å². The maximum absolute atomic E-state index is 14.6. The van der Waals surface area contributed by atoms with Crippen molar-refractivity contribution >= 4 is 23.2 Å². The van der Waals surface area contributed by atoms with Crippen molar-refractivity contribution in [3.63, 3.8) is 0 Å². The number of hydrogen-bond acceptors (Lipinski definition) is 8. The van der Waals surface area contributed by atoms with Crippen LogP contribution >= 0.6 is 0 Å². The summed E-state index contributed by atoms with van der Waals surface area (Å²) >= 11 is 0. The minimum atomic E-state index is -0.413. The van der Waals surface area contributed by atoms with E-state index in [1.807, 2.05) is 61.5 Å². The average molecular weight is 627 g/mol. The van der Waals surface area contributed by atoms with Crippen LogP contribution in [0.2, 0.25) is 0 Å². The first-order chi connectivity index (χ1) is 22.3. The summed E-state index contributed by atoms with van der Waals surface area (Å²) in [6, 6.07) is 23.0. The summed E-state index contributed by atoms with van der Waals surface area (Å²) in [5.41, 5.74) is 2.97. The number of rotatable bonds is 10. The summed E-state index contributed by atoms with van der Waals surface area (Å²) in [4.78, 5) is 32.4. The Kier molecular flexibility index (Phi) is 9.55. The molecule has 4 aromatic rings. The normalized spacial score (nSPS) is 15.3. The average Bonchev–Trinajstić information content (AvgIpc) is 3.10. The Hall–Kier alpha value is -5.38. The maximum atomic E-state index is 14.6. The van der Waals surface area contributed by atoms with Crippen LogP contribution in [-0.2, 0) is 0 Å². The highest BCUT2D eigenvalue weighted by Crippen LogP contribution is 2.46. The van der Waals surface area contributed by atoms with Crippen LogP contribution in [0, 0.1) is 0 Å². The van der Waals surface area contributed by atoms with Gasteiger partial charge in [0.2, 0.25) is 11.5 Å². The van der Waals surface area contributed by atoms with Gasteiger partial charge in [-0.25, -0.2) is 0 Å². The number of hydrogen-bond donors (Lipinski definition) is 0. The number of fused-ring (bicyclic) bond motifs is 1. The predicted octanol–water partition coefficient (Wildman–Crippen LogP) is 6.57. The molecule has 10 heteroatoms. The molecule has 5 rings (SSSR count). The van der Waals surface area contributed by atoms with Crippen LogP contribution < -0.4 is 38.2 Å². The first kappa shape index (κ1) is 32.0. The van der Waals surface area contributed by atoms with E-state index >= 15 is 0 Å². The van der Waals surface area contributed by atoms with E-state index in [0.29, 0.717) is 63.4 Å². The lowest BCUT2D eigenvalue weighted by Crippen LogP contribution is -2.47. The standard InChI is InChI=1S/C36H38N2O8/c1-22-17-28(38(25-13-9-8-10-14-25)36(40)24-20-31(43-4)34(46-7)32(21-24)44-5)26-15-11-12-16-27(26)37(22)35(39)23-18-29(41-2)33(45-6)30(19-23)42-3/h8-16,18-22,28H,17H2,1-7H3/t22-,28+/m1/s1. The number of nitrogens with zero attached hydrogens (tertiary/aromatic N) is 2. The van der Waals surface area contributed by atoms with Crippen molar-refractivity contribution in [1.29, 1.82) is 0 Å². The van der Waals surface area contributed by atoms with Gasteiger partial charge in [-0.2, -0.15) is 0 Å². The number of para-hydroxylation sites is 2. The molecule has 1 heterocycles. The molecule has 0 saturated heterocycles. The molecule has 46 heavy (non-hydrogen) atoms. The Labute approximate surface area is 269 Å². The highest BCUT2D eigenvalue weighted by Gasteiger charge is 2.40. The van der Waals surface area contributed by atoms with Crippen LogP contribution in [0.5, 0.6) is 34.5 Å². The molecule has 0 aromatic heterocycles. The molecule has 0 spiro atoms. The Bertz CT molecular complexity index is 1670. The van der Waals surface area contributed by atoms with Gasteiger partial charge < -0.3 is 38.2 Å². The summed E-state index contributed by atoms with van der Waals surface area (Å²) in [7, 11) is 9.08. The van der Waals surface area contributed by atoms with Gasteiger partial charge in [-0.05, 0) is 61.4 Å². The van der Waals surface area contributed by atoms with E-state index in [1.165, 1.54) is 42.7 Å². The molecule has 0 saturated carbocycles. The Balaban J connectivity index is 1.62. The zero-order valence-corrected chi connectivity index (χ0v) is 27.0.